The Hall–Kier alpha value is -1.81. The molecule has 0 aromatic heterocycles. The predicted octanol–water partition coefficient (Wildman–Crippen LogP) is 3.14. The lowest BCUT2D eigenvalue weighted by Gasteiger charge is -2.09. The van der Waals surface area contributed by atoms with Gasteiger partial charge in [-0.2, -0.15) is 0 Å². The smallest absolute Gasteiger partial charge is 0.140 e. The van der Waals surface area contributed by atoms with E-state index in [0.717, 1.165) is 24.0 Å². The van der Waals surface area contributed by atoms with E-state index in [-0.39, 0.29) is 5.92 Å². The molecule has 17 heavy (non-hydrogen) atoms. The molecular weight excluding hydrogens is 208 g/mol. The van der Waals surface area contributed by atoms with Crippen LogP contribution in [0.3, 0.4) is 0 Å². The third-order valence-electron chi connectivity index (χ3n) is 3.24. The van der Waals surface area contributed by atoms with Gasteiger partial charge in [-0.05, 0) is 37.5 Å². The van der Waals surface area contributed by atoms with Crippen LogP contribution in [0, 0.1) is 17.8 Å². The van der Waals surface area contributed by atoms with Crippen LogP contribution >= 0.6 is 0 Å². The number of carbonyl (C=O) groups excluding carboxylic acids is 1. The Kier molecular flexibility index (Phi) is 3.44. The van der Waals surface area contributed by atoms with Gasteiger partial charge in [-0.3, -0.25) is 4.79 Å². The Labute approximate surface area is 103 Å². The molecule has 1 aliphatic rings. The van der Waals surface area contributed by atoms with Gasteiger partial charge in [0.25, 0.3) is 0 Å². The van der Waals surface area contributed by atoms with Gasteiger partial charge < -0.3 is 0 Å². The second-order valence-electron chi connectivity index (χ2n) is 4.45. The second kappa shape index (κ2) is 5.01. The van der Waals surface area contributed by atoms with Crippen molar-refractivity contribution in [2.45, 2.75) is 26.2 Å². The number of ketones is 1. The summed E-state index contributed by atoms with van der Waals surface area (Å²) in [7, 11) is 0. The lowest BCUT2D eigenvalue weighted by molar-refractivity contribution is -0.120. The van der Waals surface area contributed by atoms with Crippen LogP contribution in [0.1, 0.15) is 30.9 Å². The van der Waals surface area contributed by atoms with Crippen molar-refractivity contribution in [2.24, 2.45) is 5.92 Å². The van der Waals surface area contributed by atoms with E-state index in [1.54, 1.807) is 0 Å². The van der Waals surface area contributed by atoms with Gasteiger partial charge in [-0.25, -0.2) is 0 Å². The minimum Gasteiger partial charge on any atom is -0.299 e. The fourth-order valence-electron chi connectivity index (χ4n) is 2.22. The molecular formula is C16H16O. The number of rotatable bonds is 2. The van der Waals surface area contributed by atoms with Crippen LogP contribution in [-0.4, -0.2) is 5.78 Å². The van der Waals surface area contributed by atoms with Crippen LogP contribution < -0.4 is 0 Å². The van der Waals surface area contributed by atoms with Crippen LogP contribution in [0.25, 0.3) is 0 Å². The molecule has 1 nitrogen and oxygen atoms in total. The number of hydrogen-bond donors (Lipinski definition) is 0. The monoisotopic (exact) mass is 224 g/mol. The van der Waals surface area contributed by atoms with Crippen molar-refractivity contribution < 1.29 is 4.79 Å². The molecule has 0 amide bonds. The zero-order chi connectivity index (χ0) is 12.3. The van der Waals surface area contributed by atoms with E-state index in [4.69, 9.17) is 0 Å². The van der Waals surface area contributed by atoms with E-state index >= 15 is 0 Å². The fourth-order valence-corrected chi connectivity index (χ4v) is 2.22. The maximum atomic E-state index is 11.7. The average Bonchev–Trinajstić information content (AvgIpc) is 2.64. The van der Waals surface area contributed by atoms with Gasteiger partial charge in [-0.15, -0.1) is 5.92 Å². The van der Waals surface area contributed by atoms with E-state index in [1.807, 2.05) is 19.1 Å². The first-order chi connectivity index (χ1) is 8.20. The first kappa shape index (κ1) is 11.7. The Balaban J connectivity index is 2.10. The van der Waals surface area contributed by atoms with Crippen molar-refractivity contribution in [3.63, 3.8) is 0 Å². The van der Waals surface area contributed by atoms with Crippen LogP contribution in [0.2, 0.25) is 0 Å². The quantitative estimate of drug-likeness (QED) is 0.557. The Morgan fingerprint density at radius 2 is 2.00 bits per heavy atom. The number of allylic oxidation sites excluding steroid dienone is 1. The molecule has 1 fully saturated rings. The molecule has 86 valence electrons. The SMILES string of the molecule is C=C1CCC(=O)C1Cc1ccc(C#CC)cc1. The molecule has 0 N–H and O–H groups in total. The van der Waals surface area contributed by atoms with Crippen molar-refractivity contribution in [1.82, 2.24) is 0 Å². The highest BCUT2D eigenvalue weighted by Gasteiger charge is 2.27. The Bertz CT molecular complexity index is 481. The number of hydrogen-bond acceptors (Lipinski definition) is 1. The largest absolute Gasteiger partial charge is 0.299 e. The molecule has 1 aromatic carbocycles. The van der Waals surface area contributed by atoms with Crippen molar-refractivity contribution in [3.05, 3.63) is 47.5 Å². The Morgan fingerprint density at radius 3 is 2.53 bits per heavy atom. The van der Waals surface area contributed by atoms with E-state index < -0.39 is 0 Å². The van der Waals surface area contributed by atoms with Crippen LogP contribution in [-0.2, 0) is 11.2 Å². The van der Waals surface area contributed by atoms with Gasteiger partial charge in [-0.1, -0.05) is 30.2 Å². The molecule has 0 saturated heterocycles. The third kappa shape index (κ3) is 2.65. The molecule has 1 aromatic rings. The normalized spacial score (nSPS) is 19.0. The average molecular weight is 224 g/mol. The third-order valence-corrected chi connectivity index (χ3v) is 3.24. The first-order valence-electron chi connectivity index (χ1n) is 5.93. The van der Waals surface area contributed by atoms with Crippen LogP contribution in [0.5, 0.6) is 0 Å². The predicted molar refractivity (Wildman–Crippen MR) is 69.6 cm³/mol. The van der Waals surface area contributed by atoms with E-state index in [2.05, 4.69) is 30.6 Å². The summed E-state index contributed by atoms with van der Waals surface area (Å²) in [6, 6.07) is 8.12. The van der Waals surface area contributed by atoms with Crippen LogP contribution in [0.15, 0.2) is 36.4 Å². The minimum atomic E-state index is 0.0399. The molecule has 0 aliphatic heterocycles. The summed E-state index contributed by atoms with van der Waals surface area (Å²) in [5.74, 6) is 6.26. The summed E-state index contributed by atoms with van der Waals surface area (Å²) in [6.07, 6.45) is 2.32. The molecule has 0 bridgehead atoms. The lowest BCUT2D eigenvalue weighted by atomic mass is 9.94. The minimum absolute atomic E-state index is 0.0399. The summed E-state index contributed by atoms with van der Waals surface area (Å²) in [6.45, 7) is 5.81. The number of benzene rings is 1. The molecule has 0 radical (unpaired) electrons. The summed E-state index contributed by atoms with van der Waals surface area (Å²) in [5, 5.41) is 0. The van der Waals surface area contributed by atoms with E-state index in [1.165, 1.54) is 5.56 Å². The van der Waals surface area contributed by atoms with Gasteiger partial charge in [0.15, 0.2) is 0 Å². The van der Waals surface area contributed by atoms with Crippen molar-refractivity contribution in [1.29, 1.82) is 0 Å². The van der Waals surface area contributed by atoms with Gasteiger partial charge in [0, 0.05) is 17.9 Å². The summed E-state index contributed by atoms with van der Waals surface area (Å²) < 4.78 is 0. The van der Waals surface area contributed by atoms with Gasteiger partial charge in [0.2, 0.25) is 0 Å². The number of Topliss-reactive ketones (excluding diaryl/α,β-unsaturated/α-hetero) is 1. The molecule has 1 atom stereocenters. The van der Waals surface area contributed by atoms with Crippen molar-refractivity contribution >= 4 is 5.78 Å². The molecule has 2 rings (SSSR count). The molecule has 1 aliphatic carbocycles. The molecule has 1 heteroatoms. The summed E-state index contributed by atoms with van der Waals surface area (Å²) in [4.78, 5) is 11.7. The standard InChI is InChI=1S/C16H16O/c1-3-4-13-6-8-14(9-7-13)11-15-12(2)5-10-16(15)17/h6-9,15H,2,5,10-11H2,1H3. The van der Waals surface area contributed by atoms with E-state index in [0.29, 0.717) is 12.2 Å². The molecule has 0 heterocycles. The van der Waals surface area contributed by atoms with Crippen LogP contribution in [0.4, 0.5) is 0 Å². The molecule has 1 unspecified atom stereocenters. The highest BCUT2D eigenvalue weighted by Crippen LogP contribution is 2.29. The summed E-state index contributed by atoms with van der Waals surface area (Å²) >= 11 is 0. The fraction of sp³-hybridized carbons (Fsp3) is 0.312. The second-order valence-corrected chi connectivity index (χ2v) is 4.45. The van der Waals surface area contributed by atoms with Gasteiger partial charge in [0.1, 0.15) is 5.78 Å². The van der Waals surface area contributed by atoms with Crippen molar-refractivity contribution in [2.75, 3.05) is 0 Å². The zero-order valence-electron chi connectivity index (χ0n) is 10.1. The summed E-state index contributed by atoms with van der Waals surface area (Å²) in [5.41, 5.74) is 3.30. The maximum absolute atomic E-state index is 11.7. The highest BCUT2D eigenvalue weighted by molar-refractivity contribution is 5.87. The van der Waals surface area contributed by atoms with E-state index in [9.17, 15) is 4.79 Å². The zero-order valence-corrected chi connectivity index (χ0v) is 10.1. The Morgan fingerprint density at radius 1 is 1.29 bits per heavy atom. The molecule has 0 spiro atoms. The van der Waals surface area contributed by atoms with Crippen molar-refractivity contribution in [3.8, 4) is 11.8 Å². The van der Waals surface area contributed by atoms with Gasteiger partial charge >= 0.3 is 0 Å². The lowest BCUT2D eigenvalue weighted by Crippen LogP contribution is -2.10. The first-order valence-corrected chi connectivity index (χ1v) is 5.93. The highest BCUT2D eigenvalue weighted by atomic mass is 16.1. The topological polar surface area (TPSA) is 17.1 Å². The van der Waals surface area contributed by atoms with Gasteiger partial charge in [0.05, 0.1) is 0 Å². The molecule has 1 saturated carbocycles. The maximum Gasteiger partial charge on any atom is 0.140 e. The number of carbonyl (C=O) groups is 1.